The van der Waals surface area contributed by atoms with Crippen molar-refractivity contribution in [2.45, 2.75) is 25.3 Å². The molecule has 0 aromatic heterocycles. The number of piperidine rings is 1. The Bertz CT molecular complexity index is 301. The van der Waals surface area contributed by atoms with Crippen LogP contribution < -0.4 is 10.9 Å². The minimum Gasteiger partial charge on any atom is -0.392 e. The summed E-state index contributed by atoms with van der Waals surface area (Å²) < 4.78 is 23.4. The molecule has 76 valence electrons. The highest BCUT2D eigenvalue weighted by Gasteiger charge is 2.31. The van der Waals surface area contributed by atoms with Gasteiger partial charge in [0, 0.05) is 6.54 Å². The van der Waals surface area contributed by atoms with E-state index in [2.05, 4.69) is 0 Å². The first kappa shape index (κ1) is 10.8. The molecule has 1 heterocycles. The van der Waals surface area contributed by atoms with Crippen LogP contribution in [0.2, 0.25) is 0 Å². The highest BCUT2D eigenvalue weighted by molar-refractivity contribution is 7.87. The zero-order valence-corrected chi connectivity index (χ0v) is 8.77. The Morgan fingerprint density at radius 1 is 1.46 bits per heavy atom. The molecule has 1 aliphatic heterocycles. The molecule has 1 rings (SSSR count). The van der Waals surface area contributed by atoms with Crippen LogP contribution in [0.4, 0.5) is 0 Å². The molecule has 13 heavy (non-hydrogen) atoms. The Hall–Kier alpha value is -0.240. The normalized spacial score (nSPS) is 25.8. The molecular formula is C6H13N3O2S2. The lowest BCUT2D eigenvalue weighted by atomic mass is 10.1. The molecule has 1 fully saturated rings. The molecule has 7 heteroatoms. The van der Waals surface area contributed by atoms with E-state index in [0.29, 0.717) is 13.0 Å². The predicted octanol–water partition coefficient (Wildman–Crippen LogP) is -0.669. The van der Waals surface area contributed by atoms with Crippen LogP contribution >= 0.6 is 12.2 Å². The van der Waals surface area contributed by atoms with Gasteiger partial charge in [-0.15, -0.1) is 0 Å². The summed E-state index contributed by atoms with van der Waals surface area (Å²) >= 11 is 4.78. The molecule has 4 N–H and O–H groups in total. The van der Waals surface area contributed by atoms with Gasteiger partial charge in [0.1, 0.15) is 0 Å². The van der Waals surface area contributed by atoms with Crippen molar-refractivity contribution in [2.24, 2.45) is 10.9 Å². The molecule has 1 saturated heterocycles. The molecule has 0 spiro atoms. The van der Waals surface area contributed by atoms with Gasteiger partial charge in [-0.2, -0.15) is 12.7 Å². The Balaban J connectivity index is 2.86. The molecule has 0 amide bonds. The summed E-state index contributed by atoms with van der Waals surface area (Å²) in [5.74, 6) is 0. The molecule has 1 unspecified atom stereocenters. The third-order valence-electron chi connectivity index (χ3n) is 2.11. The van der Waals surface area contributed by atoms with Crippen LogP contribution in [0.5, 0.6) is 0 Å². The van der Waals surface area contributed by atoms with E-state index in [4.69, 9.17) is 23.1 Å². The van der Waals surface area contributed by atoms with Gasteiger partial charge in [0.2, 0.25) is 0 Å². The van der Waals surface area contributed by atoms with E-state index in [1.165, 1.54) is 4.31 Å². The first-order valence-corrected chi connectivity index (χ1v) is 5.93. The van der Waals surface area contributed by atoms with Crippen LogP contribution in [0.1, 0.15) is 19.3 Å². The summed E-state index contributed by atoms with van der Waals surface area (Å²) in [6.07, 6.45) is 2.43. The molecule has 1 aliphatic rings. The maximum Gasteiger partial charge on any atom is 0.277 e. The van der Waals surface area contributed by atoms with E-state index < -0.39 is 16.3 Å². The van der Waals surface area contributed by atoms with Crippen molar-refractivity contribution in [3.8, 4) is 0 Å². The van der Waals surface area contributed by atoms with Crippen molar-refractivity contribution in [3.05, 3.63) is 0 Å². The number of hydrogen-bond donors (Lipinski definition) is 2. The van der Waals surface area contributed by atoms with Gasteiger partial charge in [-0.25, -0.2) is 5.14 Å². The smallest absolute Gasteiger partial charge is 0.277 e. The standard InChI is InChI=1S/C6H13N3O2S2/c7-6(12)5-3-1-2-4-9(5)13(8,10)11/h5H,1-4H2,(H2,7,12)(H2,8,10,11). The number of nitrogens with two attached hydrogens (primary N) is 2. The maximum absolute atomic E-state index is 11.1. The van der Waals surface area contributed by atoms with E-state index in [1.54, 1.807) is 0 Å². The van der Waals surface area contributed by atoms with E-state index in [9.17, 15) is 8.42 Å². The summed E-state index contributed by atoms with van der Waals surface area (Å²) in [4.78, 5) is 0.203. The first-order valence-electron chi connectivity index (χ1n) is 4.02. The monoisotopic (exact) mass is 223 g/mol. The molecule has 0 aromatic carbocycles. The van der Waals surface area contributed by atoms with Gasteiger partial charge < -0.3 is 5.73 Å². The summed E-state index contributed by atoms with van der Waals surface area (Å²) in [5.41, 5.74) is 5.42. The quantitative estimate of drug-likeness (QED) is 0.608. The van der Waals surface area contributed by atoms with Gasteiger partial charge in [-0.05, 0) is 12.8 Å². The molecule has 0 saturated carbocycles. The highest BCUT2D eigenvalue weighted by Crippen LogP contribution is 2.18. The Kier molecular flexibility index (Phi) is 3.23. The van der Waals surface area contributed by atoms with E-state index in [1.807, 2.05) is 0 Å². The Morgan fingerprint density at radius 3 is 2.46 bits per heavy atom. The average molecular weight is 223 g/mol. The van der Waals surface area contributed by atoms with Crippen molar-refractivity contribution in [2.75, 3.05) is 6.54 Å². The van der Waals surface area contributed by atoms with E-state index in [-0.39, 0.29) is 4.99 Å². The largest absolute Gasteiger partial charge is 0.392 e. The maximum atomic E-state index is 11.1. The van der Waals surface area contributed by atoms with Crippen LogP contribution in [0.25, 0.3) is 0 Å². The second-order valence-electron chi connectivity index (χ2n) is 3.07. The lowest BCUT2D eigenvalue weighted by Gasteiger charge is -2.32. The van der Waals surface area contributed by atoms with Gasteiger partial charge in [-0.3, -0.25) is 0 Å². The average Bonchev–Trinajstić information content (AvgIpc) is 2.03. The molecule has 0 radical (unpaired) electrons. The minimum absolute atomic E-state index is 0.203. The van der Waals surface area contributed by atoms with Gasteiger partial charge in [0.05, 0.1) is 11.0 Å². The summed E-state index contributed by atoms with van der Waals surface area (Å²) in [7, 11) is -3.65. The van der Waals surface area contributed by atoms with Gasteiger partial charge >= 0.3 is 0 Å². The van der Waals surface area contributed by atoms with Crippen molar-refractivity contribution in [1.29, 1.82) is 0 Å². The van der Waals surface area contributed by atoms with Crippen LogP contribution in [-0.2, 0) is 10.2 Å². The number of rotatable bonds is 2. The van der Waals surface area contributed by atoms with Crippen LogP contribution in [0.15, 0.2) is 0 Å². The van der Waals surface area contributed by atoms with Crippen LogP contribution in [-0.4, -0.2) is 30.3 Å². The first-order chi connectivity index (χ1) is 5.93. The summed E-state index contributed by atoms with van der Waals surface area (Å²) in [5, 5.41) is 5.02. The van der Waals surface area contributed by atoms with Crippen molar-refractivity contribution in [1.82, 2.24) is 4.31 Å². The third-order valence-corrected chi connectivity index (χ3v) is 3.47. The van der Waals surface area contributed by atoms with Gasteiger partial charge in [0.25, 0.3) is 10.2 Å². The second kappa shape index (κ2) is 3.87. The molecule has 1 atom stereocenters. The lowest BCUT2D eigenvalue weighted by molar-refractivity contribution is 0.307. The number of nitrogens with zero attached hydrogens (tertiary/aromatic N) is 1. The lowest BCUT2D eigenvalue weighted by Crippen LogP contribution is -2.51. The minimum atomic E-state index is -3.65. The van der Waals surface area contributed by atoms with Crippen molar-refractivity contribution in [3.63, 3.8) is 0 Å². The van der Waals surface area contributed by atoms with Crippen molar-refractivity contribution >= 4 is 27.4 Å². The van der Waals surface area contributed by atoms with Gasteiger partial charge in [0.15, 0.2) is 0 Å². The molecule has 0 aliphatic carbocycles. The third kappa shape index (κ3) is 2.60. The molecule has 5 nitrogen and oxygen atoms in total. The van der Waals surface area contributed by atoms with Crippen LogP contribution in [0, 0.1) is 0 Å². The van der Waals surface area contributed by atoms with E-state index in [0.717, 1.165) is 12.8 Å². The molecule has 0 bridgehead atoms. The van der Waals surface area contributed by atoms with Gasteiger partial charge in [-0.1, -0.05) is 18.6 Å². The van der Waals surface area contributed by atoms with E-state index >= 15 is 0 Å². The van der Waals surface area contributed by atoms with Crippen molar-refractivity contribution < 1.29 is 8.42 Å². The summed E-state index contributed by atoms with van der Waals surface area (Å²) in [6, 6.07) is -0.390. The SMILES string of the molecule is NC(=S)C1CCCCN1S(N)(=O)=O. The topological polar surface area (TPSA) is 89.4 Å². The Morgan fingerprint density at radius 2 is 2.08 bits per heavy atom. The Labute approximate surface area is 83.3 Å². The number of thiocarbonyl (C=S) groups is 1. The molecule has 0 aromatic rings. The fraction of sp³-hybridized carbons (Fsp3) is 0.833. The van der Waals surface area contributed by atoms with Crippen LogP contribution in [0.3, 0.4) is 0 Å². The zero-order valence-electron chi connectivity index (χ0n) is 7.14. The summed E-state index contributed by atoms with van der Waals surface area (Å²) in [6.45, 7) is 0.418. The fourth-order valence-corrected chi connectivity index (χ4v) is 2.76. The second-order valence-corrected chi connectivity index (χ2v) is 5.04. The highest BCUT2D eigenvalue weighted by atomic mass is 32.2. The number of hydrogen-bond acceptors (Lipinski definition) is 3. The molecular weight excluding hydrogens is 210 g/mol. The zero-order chi connectivity index (χ0) is 10.1. The predicted molar refractivity (Wildman–Crippen MR) is 54.2 cm³/mol. The fourth-order valence-electron chi connectivity index (χ4n) is 1.49.